The van der Waals surface area contributed by atoms with Crippen LogP contribution >= 0.6 is 0 Å². The molecular formula is C19H17O2. The molecule has 1 aliphatic heterocycles. The van der Waals surface area contributed by atoms with E-state index in [2.05, 4.69) is 48.5 Å². The Morgan fingerprint density at radius 1 is 0.952 bits per heavy atom. The van der Waals surface area contributed by atoms with Crippen LogP contribution in [0.1, 0.15) is 19.3 Å². The maximum Gasteiger partial charge on any atom is 0.199 e. The molecule has 0 bridgehead atoms. The van der Waals surface area contributed by atoms with Crippen molar-refractivity contribution < 1.29 is 9.47 Å². The molecule has 0 aliphatic carbocycles. The second kappa shape index (κ2) is 5.38. The molecule has 0 N–H and O–H groups in total. The van der Waals surface area contributed by atoms with Crippen LogP contribution in [0.25, 0.3) is 21.5 Å². The van der Waals surface area contributed by atoms with Gasteiger partial charge in [0.1, 0.15) is 5.75 Å². The predicted molar refractivity (Wildman–Crippen MR) is 84.5 cm³/mol. The average Bonchev–Trinajstić information content (AvgIpc) is 2.54. The molecule has 1 heterocycles. The molecule has 0 spiro atoms. The summed E-state index contributed by atoms with van der Waals surface area (Å²) in [5.74, 6) is 0.768. The highest BCUT2D eigenvalue weighted by molar-refractivity contribution is 5.98. The SMILES string of the molecule is [c]1c(OC2CCCCO2)ccc2cc3ccccc3cc12. The minimum atomic E-state index is -0.118. The van der Waals surface area contributed by atoms with Crippen molar-refractivity contribution in [1.29, 1.82) is 0 Å². The van der Waals surface area contributed by atoms with Gasteiger partial charge in [0.15, 0.2) is 6.29 Å². The molecule has 0 saturated carbocycles. The first-order valence-electron chi connectivity index (χ1n) is 7.52. The molecular weight excluding hydrogens is 260 g/mol. The highest BCUT2D eigenvalue weighted by Crippen LogP contribution is 2.27. The lowest BCUT2D eigenvalue weighted by atomic mass is 10.0. The fraction of sp³-hybridized carbons (Fsp3) is 0.263. The van der Waals surface area contributed by atoms with E-state index >= 15 is 0 Å². The van der Waals surface area contributed by atoms with Gasteiger partial charge >= 0.3 is 0 Å². The molecule has 2 nitrogen and oxygen atoms in total. The zero-order valence-corrected chi connectivity index (χ0v) is 11.8. The first kappa shape index (κ1) is 12.7. The van der Waals surface area contributed by atoms with Gasteiger partial charge in [-0.1, -0.05) is 30.3 Å². The van der Waals surface area contributed by atoms with E-state index in [9.17, 15) is 0 Å². The number of hydrogen-bond donors (Lipinski definition) is 0. The van der Waals surface area contributed by atoms with Crippen molar-refractivity contribution in [1.82, 2.24) is 0 Å². The van der Waals surface area contributed by atoms with E-state index in [1.54, 1.807) is 0 Å². The molecule has 0 aromatic heterocycles. The Morgan fingerprint density at radius 2 is 1.81 bits per heavy atom. The van der Waals surface area contributed by atoms with Crippen molar-refractivity contribution in [2.45, 2.75) is 25.6 Å². The van der Waals surface area contributed by atoms with Crippen LogP contribution < -0.4 is 4.74 Å². The summed E-state index contributed by atoms with van der Waals surface area (Å²) < 4.78 is 11.5. The summed E-state index contributed by atoms with van der Waals surface area (Å²) >= 11 is 0. The highest BCUT2D eigenvalue weighted by Gasteiger charge is 2.15. The van der Waals surface area contributed by atoms with E-state index in [1.165, 1.54) is 22.6 Å². The molecule has 1 unspecified atom stereocenters. The quantitative estimate of drug-likeness (QED) is 0.632. The molecule has 1 saturated heterocycles. The Hall–Kier alpha value is -2.06. The number of hydrogen-bond acceptors (Lipinski definition) is 2. The first-order chi connectivity index (χ1) is 10.4. The van der Waals surface area contributed by atoms with Gasteiger partial charge in [0, 0.05) is 12.5 Å². The second-order valence-electron chi connectivity index (χ2n) is 5.52. The summed E-state index contributed by atoms with van der Waals surface area (Å²) in [5, 5.41) is 4.75. The van der Waals surface area contributed by atoms with Gasteiger partial charge in [-0.25, -0.2) is 0 Å². The molecule has 21 heavy (non-hydrogen) atoms. The maximum absolute atomic E-state index is 5.90. The molecule has 1 radical (unpaired) electrons. The molecule has 0 amide bonds. The van der Waals surface area contributed by atoms with Crippen molar-refractivity contribution >= 4 is 21.5 Å². The monoisotopic (exact) mass is 277 g/mol. The Morgan fingerprint density at radius 3 is 2.62 bits per heavy atom. The Kier molecular flexibility index (Phi) is 3.24. The molecule has 4 rings (SSSR count). The third kappa shape index (κ3) is 2.59. The minimum absolute atomic E-state index is 0.118. The number of fused-ring (bicyclic) bond motifs is 2. The number of rotatable bonds is 2. The predicted octanol–water partition coefficient (Wildman–Crippen LogP) is 4.70. The van der Waals surface area contributed by atoms with Crippen LogP contribution in [0.4, 0.5) is 0 Å². The Labute approximate surface area is 124 Å². The third-order valence-corrected chi connectivity index (χ3v) is 3.99. The Balaban J connectivity index is 1.69. The van der Waals surface area contributed by atoms with Crippen molar-refractivity contribution in [2.75, 3.05) is 6.61 Å². The summed E-state index contributed by atoms with van der Waals surface area (Å²) in [6.45, 7) is 0.795. The molecule has 105 valence electrons. The van der Waals surface area contributed by atoms with Crippen LogP contribution in [-0.4, -0.2) is 12.9 Å². The standard InChI is InChI=1S/C19H17O2/c1-2-6-15-12-17-13-18(21-19-7-3-4-10-20-19)9-8-16(17)11-14(15)5-1/h1-2,5-6,8-9,11-12,19H,3-4,7,10H2. The van der Waals surface area contributed by atoms with Gasteiger partial charge < -0.3 is 9.47 Å². The van der Waals surface area contributed by atoms with Crippen LogP contribution in [0, 0.1) is 6.07 Å². The second-order valence-corrected chi connectivity index (χ2v) is 5.52. The van der Waals surface area contributed by atoms with Crippen molar-refractivity contribution in [3.8, 4) is 5.75 Å². The van der Waals surface area contributed by atoms with Crippen LogP contribution in [0.15, 0.2) is 48.5 Å². The van der Waals surface area contributed by atoms with Gasteiger partial charge in [0.05, 0.1) is 6.61 Å². The van der Waals surface area contributed by atoms with Gasteiger partial charge in [0.25, 0.3) is 0 Å². The van der Waals surface area contributed by atoms with Gasteiger partial charge in [-0.3, -0.25) is 0 Å². The summed E-state index contributed by atoms with van der Waals surface area (Å²) in [5.41, 5.74) is 0. The van der Waals surface area contributed by atoms with E-state index in [0.29, 0.717) is 0 Å². The lowest BCUT2D eigenvalue weighted by Gasteiger charge is -2.23. The van der Waals surface area contributed by atoms with Gasteiger partial charge in [-0.2, -0.15) is 0 Å². The van der Waals surface area contributed by atoms with Crippen LogP contribution in [0.5, 0.6) is 5.75 Å². The Bertz CT molecular complexity index is 773. The summed E-state index contributed by atoms with van der Waals surface area (Å²) in [7, 11) is 0. The first-order valence-corrected chi connectivity index (χ1v) is 7.52. The van der Waals surface area contributed by atoms with Crippen molar-refractivity contribution in [3.63, 3.8) is 0 Å². The largest absolute Gasteiger partial charge is 0.464 e. The fourth-order valence-electron chi connectivity index (χ4n) is 2.86. The normalized spacial score (nSPS) is 19.0. The smallest absolute Gasteiger partial charge is 0.199 e. The minimum Gasteiger partial charge on any atom is -0.464 e. The molecule has 3 aromatic rings. The molecule has 1 atom stereocenters. The van der Waals surface area contributed by atoms with Crippen molar-refractivity contribution in [2.24, 2.45) is 0 Å². The molecule has 1 aliphatic rings. The molecule has 2 heteroatoms. The van der Waals surface area contributed by atoms with Gasteiger partial charge in [-0.15, -0.1) is 0 Å². The van der Waals surface area contributed by atoms with Crippen LogP contribution in [-0.2, 0) is 4.74 Å². The van der Waals surface area contributed by atoms with E-state index in [-0.39, 0.29) is 6.29 Å². The lowest BCUT2D eigenvalue weighted by Crippen LogP contribution is -2.24. The summed E-state index contributed by atoms with van der Waals surface area (Å²) in [4.78, 5) is 0. The lowest BCUT2D eigenvalue weighted by molar-refractivity contribution is -0.105. The van der Waals surface area contributed by atoms with Gasteiger partial charge in [-0.05, 0) is 52.6 Å². The fourth-order valence-corrected chi connectivity index (χ4v) is 2.86. The summed E-state index contributed by atoms with van der Waals surface area (Å²) in [6, 6.07) is 20.2. The van der Waals surface area contributed by atoms with Gasteiger partial charge in [0.2, 0.25) is 0 Å². The number of ether oxygens (including phenoxy) is 2. The highest BCUT2D eigenvalue weighted by atomic mass is 16.7. The average molecular weight is 277 g/mol. The zero-order valence-electron chi connectivity index (χ0n) is 11.8. The van der Waals surface area contributed by atoms with E-state index in [0.717, 1.165) is 30.6 Å². The van der Waals surface area contributed by atoms with E-state index < -0.39 is 0 Å². The maximum atomic E-state index is 5.90. The summed E-state index contributed by atoms with van der Waals surface area (Å²) in [6.07, 6.45) is 3.15. The van der Waals surface area contributed by atoms with E-state index in [1.807, 2.05) is 6.07 Å². The number of benzene rings is 3. The zero-order chi connectivity index (χ0) is 14.1. The van der Waals surface area contributed by atoms with Crippen LogP contribution in [0.3, 0.4) is 0 Å². The molecule has 1 fully saturated rings. The molecule has 3 aromatic carbocycles. The van der Waals surface area contributed by atoms with E-state index in [4.69, 9.17) is 9.47 Å². The topological polar surface area (TPSA) is 18.5 Å². The van der Waals surface area contributed by atoms with Crippen LogP contribution in [0.2, 0.25) is 0 Å². The van der Waals surface area contributed by atoms with Crippen molar-refractivity contribution in [3.05, 3.63) is 54.6 Å². The third-order valence-electron chi connectivity index (χ3n) is 3.99.